The zero-order chi connectivity index (χ0) is 12.1. The molecule has 0 amide bonds. The molecule has 0 fully saturated rings. The molecule has 4 heteroatoms. The van der Waals surface area contributed by atoms with Gasteiger partial charge in [0.05, 0.1) is 20.0 Å². The van der Waals surface area contributed by atoms with Crippen molar-refractivity contribution in [2.24, 2.45) is 0 Å². The SMILES string of the molecule is COc1ccc(CC(=O)C2=COCCC2)cn1. The number of ether oxygens (including phenoxy) is 2. The Morgan fingerprint density at radius 2 is 2.41 bits per heavy atom. The first-order chi connectivity index (χ1) is 8.29. The number of hydrogen-bond acceptors (Lipinski definition) is 4. The van der Waals surface area contributed by atoms with Crippen molar-refractivity contribution in [1.29, 1.82) is 0 Å². The minimum absolute atomic E-state index is 0.108. The van der Waals surface area contributed by atoms with Crippen LogP contribution in [0.1, 0.15) is 18.4 Å². The first kappa shape index (κ1) is 11.6. The number of carbonyl (C=O) groups excluding carboxylic acids is 1. The number of methoxy groups -OCH3 is 1. The van der Waals surface area contributed by atoms with Crippen molar-refractivity contribution in [3.63, 3.8) is 0 Å². The predicted octanol–water partition coefficient (Wildman–Crippen LogP) is 1.90. The fourth-order valence-electron chi connectivity index (χ4n) is 1.70. The van der Waals surface area contributed by atoms with Gasteiger partial charge in [0.1, 0.15) is 0 Å². The Kier molecular flexibility index (Phi) is 3.75. The van der Waals surface area contributed by atoms with Gasteiger partial charge in [-0.05, 0) is 18.4 Å². The van der Waals surface area contributed by atoms with Crippen molar-refractivity contribution in [1.82, 2.24) is 4.98 Å². The first-order valence-electron chi connectivity index (χ1n) is 5.62. The van der Waals surface area contributed by atoms with Gasteiger partial charge in [0, 0.05) is 24.3 Å². The number of ketones is 1. The van der Waals surface area contributed by atoms with E-state index in [4.69, 9.17) is 9.47 Å². The normalized spacial score (nSPS) is 14.8. The van der Waals surface area contributed by atoms with Crippen LogP contribution in [0.5, 0.6) is 5.88 Å². The summed E-state index contributed by atoms with van der Waals surface area (Å²) in [7, 11) is 1.57. The van der Waals surface area contributed by atoms with Crippen LogP contribution in [0.2, 0.25) is 0 Å². The fourth-order valence-corrected chi connectivity index (χ4v) is 1.70. The second-order valence-corrected chi connectivity index (χ2v) is 3.93. The summed E-state index contributed by atoms with van der Waals surface area (Å²) >= 11 is 0. The van der Waals surface area contributed by atoms with Gasteiger partial charge in [0.15, 0.2) is 5.78 Å². The Morgan fingerprint density at radius 3 is 3.00 bits per heavy atom. The monoisotopic (exact) mass is 233 g/mol. The Bertz CT molecular complexity index is 423. The van der Waals surface area contributed by atoms with Crippen LogP contribution >= 0.6 is 0 Å². The maximum atomic E-state index is 11.9. The Hall–Kier alpha value is -1.84. The average Bonchev–Trinajstić information content (AvgIpc) is 2.40. The topological polar surface area (TPSA) is 48.4 Å². The van der Waals surface area contributed by atoms with Crippen LogP contribution in [0.15, 0.2) is 30.2 Å². The Morgan fingerprint density at radius 1 is 1.53 bits per heavy atom. The van der Waals surface area contributed by atoms with Gasteiger partial charge in [-0.15, -0.1) is 0 Å². The molecule has 0 atom stereocenters. The van der Waals surface area contributed by atoms with Crippen LogP contribution in [-0.2, 0) is 16.0 Å². The van der Waals surface area contributed by atoms with E-state index >= 15 is 0 Å². The molecule has 1 aliphatic heterocycles. The van der Waals surface area contributed by atoms with Crippen molar-refractivity contribution in [3.8, 4) is 5.88 Å². The molecule has 4 nitrogen and oxygen atoms in total. The molecule has 17 heavy (non-hydrogen) atoms. The van der Waals surface area contributed by atoms with Crippen LogP contribution in [0.4, 0.5) is 0 Å². The van der Waals surface area contributed by atoms with Crippen LogP contribution < -0.4 is 4.74 Å². The van der Waals surface area contributed by atoms with E-state index in [1.807, 2.05) is 6.07 Å². The van der Waals surface area contributed by atoms with E-state index in [1.54, 1.807) is 25.6 Å². The number of rotatable bonds is 4. The highest BCUT2D eigenvalue weighted by Gasteiger charge is 2.13. The molecule has 1 aliphatic rings. The lowest BCUT2D eigenvalue weighted by atomic mass is 10.0. The van der Waals surface area contributed by atoms with E-state index in [2.05, 4.69) is 4.98 Å². The summed E-state index contributed by atoms with van der Waals surface area (Å²) in [6, 6.07) is 3.61. The summed E-state index contributed by atoms with van der Waals surface area (Å²) in [6.45, 7) is 0.709. The first-order valence-corrected chi connectivity index (χ1v) is 5.62. The van der Waals surface area contributed by atoms with Gasteiger partial charge in [0.25, 0.3) is 0 Å². The minimum atomic E-state index is 0.108. The van der Waals surface area contributed by atoms with E-state index < -0.39 is 0 Å². The van der Waals surface area contributed by atoms with E-state index in [-0.39, 0.29) is 5.78 Å². The summed E-state index contributed by atoms with van der Waals surface area (Å²) < 4.78 is 10.1. The highest BCUT2D eigenvalue weighted by atomic mass is 16.5. The summed E-state index contributed by atoms with van der Waals surface area (Å²) in [5.41, 5.74) is 1.66. The molecule has 1 aromatic heterocycles. The fraction of sp³-hybridized carbons (Fsp3) is 0.385. The summed E-state index contributed by atoms with van der Waals surface area (Å²) in [5, 5.41) is 0. The molecule has 1 aromatic rings. The minimum Gasteiger partial charge on any atom is -0.501 e. The van der Waals surface area contributed by atoms with Gasteiger partial charge >= 0.3 is 0 Å². The molecule has 0 saturated carbocycles. The second kappa shape index (κ2) is 5.48. The number of carbonyl (C=O) groups is 1. The van der Waals surface area contributed by atoms with Gasteiger partial charge in [-0.25, -0.2) is 4.98 Å². The summed E-state index contributed by atoms with van der Waals surface area (Å²) in [4.78, 5) is 16.0. The van der Waals surface area contributed by atoms with Crippen molar-refractivity contribution in [2.75, 3.05) is 13.7 Å². The largest absolute Gasteiger partial charge is 0.501 e. The highest BCUT2D eigenvalue weighted by molar-refractivity contribution is 5.96. The number of nitrogens with zero attached hydrogens (tertiary/aromatic N) is 1. The lowest BCUT2D eigenvalue weighted by molar-refractivity contribution is -0.115. The maximum Gasteiger partial charge on any atom is 0.212 e. The third-order valence-electron chi connectivity index (χ3n) is 2.66. The molecular weight excluding hydrogens is 218 g/mol. The smallest absolute Gasteiger partial charge is 0.212 e. The maximum absolute atomic E-state index is 11.9. The zero-order valence-electron chi connectivity index (χ0n) is 9.81. The van der Waals surface area contributed by atoms with Crippen LogP contribution in [0.3, 0.4) is 0 Å². The molecule has 2 rings (SSSR count). The van der Waals surface area contributed by atoms with Gasteiger partial charge < -0.3 is 9.47 Å². The van der Waals surface area contributed by atoms with E-state index in [0.29, 0.717) is 18.9 Å². The third kappa shape index (κ3) is 3.06. The molecule has 0 saturated heterocycles. The lowest BCUT2D eigenvalue weighted by Crippen LogP contribution is -2.11. The molecule has 0 N–H and O–H groups in total. The van der Waals surface area contributed by atoms with Crippen molar-refractivity contribution < 1.29 is 14.3 Å². The van der Waals surface area contributed by atoms with Gasteiger partial charge in [0.2, 0.25) is 5.88 Å². The zero-order valence-corrected chi connectivity index (χ0v) is 9.81. The summed E-state index contributed by atoms with van der Waals surface area (Å²) in [5.74, 6) is 0.665. The van der Waals surface area contributed by atoms with Crippen molar-refractivity contribution >= 4 is 5.78 Å². The highest BCUT2D eigenvalue weighted by Crippen LogP contribution is 2.15. The molecule has 2 heterocycles. The molecule has 90 valence electrons. The number of aromatic nitrogens is 1. The van der Waals surface area contributed by atoms with Crippen LogP contribution in [-0.4, -0.2) is 24.5 Å². The Labute approximate surface area is 100 Å². The van der Waals surface area contributed by atoms with Crippen LogP contribution in [0, 0.1) is 0 Å². The molecule has 0 aromatic carbocycles. The van der Waals surface area contributed by atoms with Crippen molar-refractivity contribution in [2.45, 2.75) is 19.3 Å². The number of hydrogen-bond donors (Lipinski definition) is 0. The molecule has 0 spiro atoms. The van der Waals surface area contributed by atoms with E-state index in [9.17, 15) is 4.79 Å². The number of pyridine rings is 1. The average molecular weight is 233 g/mol. The van der Waals surface area contributed by atoms with Gasteiger partial charge in [-0.3, -0.25) is 4.79 Å². The quantitative estimate of drug-likeness (QED) is 0.796. The van der Waals surface area contributed by atoms with E-state index in [0.717, 1.165) is 24.0 Å². The number of Topliss-reactive ketones (excluding diaryl/α,β-unsaturated/α-hetero) is 1. The second-order valence-electron chi connectivity index (χ2n) is 3.93. The molecule has 0 aliphatic carbocycles. The molecule has 0 unspecified atom stereocenters. The third-order valence-corrected chi connectivity index (χ3v) is 2.66. The van der Waals surface area contributed by atoms with E-state index in [1.165, 1.54) is 0 Å². The van der Waals surface area contributed by atoms with Gasteiger partial charge in [-0.1, -0.05) is 6.07 Å². The Balaban J connectivity index is 1.99. The standard InChI is InChI=1S/C13H15NO3/c1-16-13-5-4-10(8-14-13)7-12(15)11-3-2-6-17-9-11/h4-5,8-9H,2-3,6-7H2,1H3. The summed E-state index contributed by atoms with van der Waals surface area (Å²) in [6.07, 6.45) is 5.34. The molecular formula is C13H15NO3. The molecule has 0 bridgehead atoms. The predicted molar refractivity (Wildman–Crippen MR) is 62.8 cm³/mol. The van der Waals surface area contributed by atoms with Gasteiger partial charge in [-0.2, -0.15) is 0 Å². The van der Waals surface area contributed by atoms with Crippen LogP contribution in [0.25, 0.3) is 0 Å². The lowest BCUT2D eigenvalue weighted by Gasteiger charge is -2.12. The molecule has 0 radical (unpaired) electrons. The van der Waals surface area contributed by atoms with Crippen molar-refractivity contribution in [3.05, 3.63) is 35.7 Å². The number of allylic oxidation sites excluding steroid dienone is 1.